The molecule has 0 saturated carbocycles. The quantitative estimate of drug-likeness (QED) is 0.673. The van der Waals surface area contributed by atoms with Gasteiger partial charge in [0.05, 0.1) is 0 Å². The van der Waals surface area contributed by atoms with E-state index in [0.29, 0.717) is 12.3 Å². The lowest BCUT2D eigenvalue weighted by Crippen LogP contribution is -2.50. The number of ether oxygens (including phenoxy) is 1. The summed E-state index contributed by atoms with van der Waals surface area (Å²) in [7, 11) is 0. The zero-order valence-corrected chi connectivity index (χ0v) is 19.9. The number of carbonyl (C=O) groups excluding carboxylic acids is 2. The molecule has 2 aromatic rings. The predicted octanol–water partition coefficient (Wildman–Crippen LogP) is 4.61. The maximum Gasteiger partial charge on any atom is 0.261 e. The van der Waals surface area contributed by atoms with Crippen LogP contribution in [0.15, 0.2) is 48.5 Å². The average molecular weight is 425 g/mol. The Kier molecular flexibility index (Phi) is 8.26. The highest BCUT2D eigenvalue weighted by atomic mass is 16.5. The van der Waals surface area contributed by atoms with Crippen LogP contribution in [0.2, 0.25) is 0 Å². The molecule has 0 aliphatic heterocycles. The molecule has 2 amide bonds. The van der Waals surface area contributed by atoms with Gasteiger partial charge in [-0.05, 0) is 61.9 Å². The van der Waals surface area contributed by atoms with Crippen molar-refractivity contribution in [2.75, 3.05) is 6.61 Å². The highest BCUT2D eigenvalue weighted by Gasteiger charge is 2.27. The minimum atomic E-state index is -0.610. The highest BCUT2D eigenvalue weighted by molar-refractivity contribution is 5.88. The van der Waals surface area contributed by atoms with E-state index in [0.717, 1.165) is 11.1 Å². The summed E-state index contributed by atoms with van der Waals surface area (Å²) in [5, 5.41) is 2.90. The third-order valence-electron chi connectivity index (χ3n) is 5.28. The Morgan fingerprint density at radius 2 is 1.61 bits per heavy atom. The molecule has 0 radical (unpaired) electrons. The van der Waals surface area contributed by atoms with Crippen molar-refractivity contribution in [1.82, 2.24) is 10.2 Å². The molecule has 2 rings (SSSR count). The third kappa shape index (κ3) is 7.12. The van der Waals surface area contributed by atoms with Crippen LogP contribution in [-0.2, 0) is 21.5 Å². The van der Waals surface area contributed by atoms with Crippen molar-refractivity contribution < 1.29 is 14.3 Å². The van der Waals surface area contributed by atoms with Crippen LogP contribution in [0.3, 0.4) is 0 Å². The third-order valence-corrected chi connectivity index (χ3v) is 5.28. The van der Waals surface area contributed by atoms with E-state index in [2.05, 4.69) is 26.1 Å². The lowest BCUT2D eigenvalue weighted by atomic mass is 9.87. The summed E-state index contributed by atoms with van der Waals surface area (Å²) in [4.78, 5) is 27.3. The average Bonchev–Trinajstić information content (AvgIpc) is 2.70. The molecule has 5 heteroatoms. The number of hydrogen-bond donors (Lipinski definition) is 1. The Morgan fingerprint density at radius 1 is 1.00 bits per heavy atom. The van der Waals surface area contributed by atoms with Gasteiger partial charge in [-0.2, -0.15) is 0 Å². The standard InChI is InChI=1S/C26H36N2O3/c1-18(2)27-25(30)20(4)28(16-21-11-9-8-10-19(21)3)24(29)17-31-23-14-12-22(13-15-23)26(5,6)7/h8-15,18,20H,16-17H2,1-7H3,(H,27,30). The molecule has 0 aromatic heterocycles. The molecule has 1 unspecified atom stereocenters. The first-order valence-electron chi connectivity index (χ1n) is 10.9. The summed E-state index contributed by atoms with van der Waals surface area (Å²) < 4.78 is 5.77. The zero-order chi connectivity index (χ0) is 23.2. The first-order valence-corrected chi connectivity index (χ1v) is 10.9. The lowest BCUT2D eigenvalue weighted by Gasteiger charge is -2.29. The molecular formula is C26H36N2O3. The van der Waals surface area contributed by atoms with Crippen LogP contribution >= 0.6 is 0 Å². The van der Waals surface area contributed by atoms with E-state index in [4.69, 9.17) is 4.74 Å². The topological polar surface area (TPSA) is 58.6 Å². The monoisotopic (exact) mass is 424 g/mol. The van der Waals surface area contributed by atoms with Crippen molar-refractivity contribution in [1.29, 1.82) is 0 Å². The van der Waals surface area contributed by atoms with Crippen molar-refractivity contribution in [3.05, 3.63) is 65.2 Å². The van der Waals surface area contributed by atoms with Gasteiger partial charge in [0, 0.05) is 12.6 Å². The maximum atomic E-state index is 13.1. The minimum absolute atomic E-state index is 0.00273. The van der Waals surface area contributed by atoms with E-state index < -0.39 is 6.04 Å². The van der Waals surface area contributed by atoms with E-state index in [1.54, 1.807) is 11.8 Å². The minimum Gasteiger partial charge on any atom is -0.484 e. The molecule has 2 aromatic carbocycles. The number of carbonyl (C=O) groups is 2. The second-order valence-corrected chi connectivity index (χ2v) is 9.35. The van der Waals surface area contributed by atoms with E-state index in [-0.39, 0.29) is 29.9 Å². The Bertz CT molecular complexity index is 882. The normalized spacial score (nSPS) is 12.4. The van der Waals surface area contributed by atoms with Gasteiger partial charge >= 0.3 is 0 Å². The van der Waals surface area contributed by atoms with Crippen LogP contribution < -0.4 is 10.1 Å². The van der Waals surface area contributed by atoms with E-state index in [1.165, 1.54) is 5.56 Å². The van der Waals surface area contributed by atoms with Crippen LogP contribution in [0.1, 0.15) is 58.2 Å². The fraction of sp³-hybridized carbons (Fsp3) is 0.462. The van der Waals surface area contributed by atoms with Gasteiger partial charge in [0.15, 0.2) is 6.61 Å². The van der Waals surface area contributed by atoms with Crippen molar-refractivity contribution in [2.24, 2.45) is 0 Å². The molecule has 5 nitrogen and oxygen atoms in total. The molecule has 1 atom stereocenters. The summed E-state index contributed by atoms with van der Waals surface area (Å²) in [6, 6.07) is 15.1. The number of nitrogens with zero attached hydrogens (tertiary/aromatic N) is 1. The lowest BCUT2D eigenvalue weighted by molar-refractivity contribution is -0.142. The Hall–Kier alpha value is -2.82. The summed E-state index contributed by atoms with van der Waals surface area (Å²) >= 11 is 0. The Morgan fingerprint density at radius 3 is 2.16 bits per heavy atom. The van der Waals surface area contributed by atoms with Crippen molar-refractivity contribution >= 4 is 11.8 Å². The predicted molar refractivity (Wildman–Crippen MR) is 125 cm³/mol. The largest absolute Gasteiger partial charge is 0.484 e. The van der Waals surface area contributed by atoms with Crippen LogP contribution in [0.4, 0.5) is 0 Å². The van der Waals surface area contributed by atoms with E-state index in [9.17, 15) is 9.59 Å². The molecule has 0 saturated heterocycles. The molecule has 0 aliphatic rings. The molecular weight excluding hydrogens is 388 g/mol. The van der Waals surface area contributed by atoms with Crippen LogP contribution in [0.5, 0.6) is 5.75 Å². The van der Waals surface area contributed by atoms with Crippen molar-refractivity contribution in [2.45, 2.75) is 72.5 Å². The van der Waals surface area contributed by atoms with Gasteiger partial charge in [0.2, 0.25) is 5.91 Å². The first-order chi connectivity index (χ1) is 14.5. The van der Waals surface area contributed by atoms with Crippen LogP contribution in [0, 0.1) is 6.92 Å². The summed E-state index contributed by atoms with van der Waals surface area (Å²) in [5.41, 5.74) is 3.34. The first kappa shape index (κ1) is 24.4. The number of amides is 2. The summed E-state index contributed by atoms with van der Waals surface area (Å²) in [5.74, 6) is 0.234. The van der Waals surface area contributed by atoms with Gasteiger partial charge in [-0.1, -0.05) is 57.2 Å². The number of aryl methyl sites for hydroxylation is 1. The summed E-state index contributed by atoms with van der Waals surface area (Å²) in [6.45, 7) is 14.3. The number of rotatable bonds is 8. The fourth-order valence-corrected chi connectivity index (χ4v) is 3.24. The van der Waals surface area contributed by atoms with E-state index in [1.807, 2.05) is 69.3 Å². The molecule has 0 fully saturated rings. The smallest absolute Gasteiger partial charge is 0.261 e. The van der Waals surface area contributed by atoms with Gasteiger partial charge in [-0.3, -0.25) is 9.59 Å². The molecule has 1 N–H and O–H groups in total. The Balaban J connectivity index is 2.15. The van der Waals surface area contributed by atoms with Gasteiger partial charge in [0.25, 0.3) is 5.91 Å². The molecule has 0 aliphatic carbocycles. The number of hydrogen-bond acceptors (Lipinski definition) is 3. The second-order valence-electron chi connectivity index (χ2n) is 9.35. The summed E-state index contributed by atoms with van der Waals surface area (Å²) in [6.07, 6.45) is 0. The Labute approximate surface area is 186 Å². The van der Waals surface area contributed by atoms with E-state index >= 15 is 0 Å². The zero-order valence-electron chi connectivity index (χ0n) is 19.9. The van der Waals surface area contributed by atoms with Gasteiger partial charge < -0.3 is 15.0 Å². The highest BCUT2D eigenvalue weighted by Crippen LogP contribution is 2.24. The SMILES string of the molecule is Cc1ccccc1CN(C(=O)COc1ccc(C(C)(C)C)cc1)C(C)C(=O)NC(C)C. The molecule has 0 heterocycles. The van der Waals surface area contributed by atoms with Gasteiger partial charge in [0.1, 0.15) is 11.8 Å². The number of benzene rings is 2. The van der Waals surface area contributed by atoms with Gasteiger partial charge in [-0.25, -0.2) is 0 Å². The van der Waals surface area contributed by atoms with Crippen molar-refractivity contribution in [3.63, 3.8) is 0 Å². The molecule has 168 valence electrons. The maximum absolute atomic E-state index is 13.1. The van der Waals surface area contributed by atoms with Gasteiger partial charge in [-0.15, -0.1) is 0 Å². The van der Waals surface area contributed by atoms with Crippen LogP contribution in [-0.4, -0.2) is 35.4 Å². The van der Waals surface area contributed by atoms with Crippen molar-refractivity contribution in [3.8, 4) is 5.75 Å². The second kappa shape index (κ2) is 10.5. The molecule has 0 bridgehead atoms. The molecule has 31 heavy (non-hydrogen) atoms. The number of nitrogens with one attached hydrogen (secondary N) is 1. The van der Waals surface area contributed by atoms with Crippen LogP contribution in [0.25, 0.3) is 0 Å². The fourth-order valence-electron chi connectivity index (χ4n) is 3.24. The molecule has 0 spiro atoms.